The highest BCUT2D eigenvalue weighted by Gasteiger charge is 2.18. The molecule has 0 saturated heterocycles. The van der Waals surface area contributed by atoms with Gasteiger partial charge in [0.05, 0.1) is 6.07 Å². The molecule has 116 valence electrons. The van der Waals surface area contributed by atoms with Gasteiger partial charge in [0.1, 0.15) is 10.5 Å². The van der Waals surface area contributed by atoms with Gasteiger partial charge in [-0.1, -0.05) is 18.2 Å². The molecule has 2 amide bonds. The van der Waals surface area contributed by atoms with E-state index in [2.05, 4.69) is 10.9 Å². The number of para-hydroxylation sites is 1. The first-order valence-electron chi connectivity index (χ1n) is 6.38. The minimum atomic E-state index is -0.831. The van der Waals surface area contributed by atoms with Crippen LogP contribution >= 0.6 is 0 Å². The number of carbonyl (C=O) groups is 2. The number of hydrogen-bond donors (Lipinski definition) is 2. The Morgan fingerprint density at radius 2 is 1.65 bits per heavy atom. The fourth-order valence-electron chi connectivity index (χ4n) is 1.88. The summed E-state index contributed by atoms with van der Waals surface area (Å²) in [7, 11) is 0. The van der Waals surface area contributed by atoms with Gasteiger partial charge in [-0.3, -0.25) is 30.6 Å². The summed E-state index contributed by atoms with van der Waals surface area (Å²) >= 11 is 0. The maximum atomic E-state index is 11.9. The molecule has 2 N–H and O–H groups in total. The van der Waals surface area contributed by atoms with Crippen molar-refractivity contribution in [1.29, 1.82) is 0 Å². The smallest absolute Gasteiger partial charge is 0.433 e. The van der Waals surface area contributed by atoms with Gasteiger partial charge in [0.25, 0.3) is 0 Å². The Kier molecular flexibility index (Phi) is 3.51. The summed E-state index contributed by atoms with van der Waals surface area (Å²) in [6.45, 7) is 0. The highest BCUT2D eigenvalue weighted by molar-refractivity contribution is 5.98. The maximum absolute atomic E-state index is 11.9. The second kappa shape index (κ2) is 5.64. The highest BCUT2D eigenvalue weighted by Crippen LogP contribution is 2.18. The number of furan rings is 2. The van der Waals surface area contributed by atoms with E-state index in [0.717, 1.165) is 17.5 Å². The van der Waals surface area contributed by atoms with Crippen LogP contribution in [0, 0.1) is 10.1 Å². The molecule has 1 aromatic carbocycles. The lowest BCUT2D eigenvalue weighted by Crippen LogP contribution is -2.41. The molecule has 0 saturated carbocycles. The Morgan fingerprint density at radius 3 is 2.30 bits per heavy atom. The Hall–Kier alpha value is -3.62. The third-order valence-corrected chi connectivity index (χ3v) is 2.93. The largest absolute Gasteiger partial charge is 0.451 e. The van der Waals surface area contributed by atoms with Crippen LogP contribution < -0.4 is 10.9 Å². The molecular weight excluding hydrogens is 306 g/mol. The number of benzene rings is 1. The predicted molar refractivity (Wildman–Crippen MR) is 76.5 cm³/mol. The number of amides is 2. The normalized spacial score (nSPS) is 10.4. The van der Waals surface area contributed by atoms with Crippen LogP contribution in [0.5, 0.6) is 0 Å². The lowest BCUT2D eigenvalue weighted by atomic mass is 10.2. The fraction of sp³-hybridized carbons (Fsp3) is 0. The van der Waals surface area contributed by atoms with E-state index in [0.29, 0.717) is 5.58 Å². The first kappa shape index (κ1) is 14.3. The lowest BCUT2D eigenvalue weighted by molar-refractivity contribution is -0.402. The average molecular weight is 315 g/mol. The van der Waals surface area contributed by atoms with Crippen molar-refractivity contribution in [1.82, 2.24) is 10.9 Å². The molecule has 2 heterocycles. The molecule has 0 aliphatic carbocycles. The Bertz CT molecular complexity index is 877. The van der Waals surface area contributed by atoms with E-state index in [-0.39, 0.29) is 11.5 Å². The number of nitrogens with one attached hydrogen (secondary N) is 2. The fourth-order valence-corrected chi connectivity index (χ4v) is 1.88. The van der Waals surface area contributed by atoms with Gasteiger partial charge in [0, 0.05) is 5.39 Å². The van der Waals surface area contributed by atoms with Gasteiger partial charge in [0.15, 0.2) is 5.76 Å². The van der Waals surface area contributed by atoms with Crippen LogP contribution in [-0.4, -0.2) is 16.7 Å². The number of carbonyl (C=O) groups excluding carboxylic acids is 2. The van der Waals surface area contributed by atoms with Crippen LogP contribution in [0.25, 0.3) is 11.0 Å². The van der Waals surface area contributed by atoms with Crippen molar-refractivity contribution < 1.29 is 23.3 Å². The molecule has 0 aliphatic heterocycles. The van der Waals surface area contributed by atoms with E-state index < -0.39 is 22.6 Å². The van der Waals surface area contributed by atoms with Gasteiger partial charge < -0.3 is 8.83 Å². The molecule has 2 aromatic heterocycles. The number of hydrazine groups is 1. The zero-order valence-electron chi connectivity index (χ0n) is 11.4. The molecular formula is C14H9N3O6. The third kappa shape index (κ3) is 2.88. The molecule has 0 bridgehead atoms. The second-order valence-electron chi connectivity index (χ2n) is 4.45. The Balaban J connectivity index is 1.65. The van der Waals surface area contributed by atoms with E-state index in [4.69, 9.17) is 8.83 Å². The van der Waals surface area contributed by atoms with Gasteiger partial charge in [-0.25, -0.2) is 0 Å². The molecule has 0 radical (unpaired) electrons. The summed E-state index contributed by atoms with van der Waals surface area (Å²) in [4.78, 5) is 33.3. The van der Waals surface area contributed by atoms with Gasteiger partial charge in [0.2, 0.25) is 5.76 Å². The molecule has 0 spiro atoms. The average Bonchev–Trinajstić information content (AvgIpc) is 3.18. The summed E-state index contributed by atoms with van der Waals surface area (Å²) < 4.78 is 10.0. The molecule has 0 aliphatic rings. The highest BCUT2D eigenvalue weighted by atomic mass is 16.6. The molecule has 23 heavy (non-hydrogen) atoms. The minimum Gasteiger partial charge on any atom is -0.451 e. The quantitative estimate of drug-likeness (QED) is 0.562. The maximum Gasteiger partial charge on any atom is 0.433 e. The first-order chi connectivity index (χ1) is 11.0. The summed E-state index contributed by atoms with van der Waals surface area (Å²) in [5.41, 5.74) is 4.75. The second-order valence-corrected chi connectivity index (χ2v) is 4.45. The summed E-state index contributed by atoms with van der Waals surface area (Å²) in [6, 6.07) is 10.7. The lowest BCUT2D eigenvalue weighted by Gasteiger charge is -2.03. The van der Waals surface area contributed by atoms with Crippen LogP contribution in [0.3, 0.4) is 0 Å². The Labute approximate surface area is 128 Å². The van der Waals surface area contributed by atoms with E-state index in [1.54, 1.807) is 24.3 Å². The van der Waals surface area contributed by atoms with Crippen molar-refractivity contribution in [3.8, 4) is 0 Å². The summed E-state index contributed by atoms with van der Waals surface area (Å²) in [5, 5.41) is 11.2. The zero-order chi connectivity index (χ0) is 16.4. The number of fused-ring (bicyclic) bond motifs is 1. The molecule has 0 fully saturated rings. The van der Waals surface area contributed by atoms with Crippen LogP contribution in [0.4, 0.5) is 5.88 Å². The molecule has 9 heteroatoms. The molecule has 9 nitrogen and oxygen atoms in total. The molecule has 3 rings (SSSR count). The van der Waals surface area contributed by atoms with E-state index in [1.165, 1.54) is 6.07 Å². The molecule has 0 atom stereocenters. The monoisotopic (exact) mass is 315 g/mol. The Morgan fingerprint density at radius 1 is 0.957 bits per heavy atom. The third-order valence-electron chi connectivity index (χ3n) is 2.93. The van der Waals surface area contributed by atoms with Gasteiger partial charge >= 0.3 is 17.7 Å². The van der Waals surface area contributed by atoms with E-state index in [9.17, 15) is 19.7 Å². The van der Waals surface area contributed by atoms with Crippen molar-refractivity contribution >= 4 is 28.7 Å². The molecule has 0 unspecified atom stereocenters. The van der Waals surface area contributed by atoms with Crippen molar-refractivity contribution in [2.24, 2.45) is 0 Å². The first-order valence-corrected chi connectivity index (χ1v) is 6.38. The SMILES string of the molecule is O=C(NNC(=O)c1cc2ccccc2o1)c1ccc([N+](=O)[O-])o1. The van der Waals surface area contributed by atoms with Crippen LogP contribution in [0.15, 0.2) is 51.3 Å². The van der Waals surface area contributed by atoms with Crippen LogP contribution in [0.2, 0.25) is 0 Å². The van der Waals surface area contributed by atoms with Crippen LogP contribution in [0.1, 0.15) is 21.1 Å². The minimum absolute atomic E-state index is 0.0110. The van der Waals surface area contributed by atoms with Crippen molar-refractivity contribution in [2.75, 3.05) is 0 Å². The standard InChI is InChI=1S/C14H9N3O6/c18-13(10-5-6-12(23-10)17(20)21)15-16-14(19)11-7-8-3-1-2-4-9(8)22-11/h1-7H,(H,15,18)(H,16,19). The van der Waals surface area contributed by atoms with Crippen molar-refractivity contribution in [3.05, 3.63) is 64.1 Å². The topological polar surface area (TPSA) is 128 Å². The van der Waals surface area contributed by atoms with Gasteiger partial charge in [-0.2, -0.15) is 0 Å². The summed E-state index contributed by atoms with van der Waals surface area (Å²) in [6.07, 6.45) is 0. The molecule has 3 aromatic rings. The van der Waals surface area contributed by atoms with Crippen LogP contribution in [-0.2, 0) is 0 Å². The zero-order valence-corrected chi connectivity index (χ0v) is 11.4. The van der Waals surface area contributed by atoms with Crippen molar-refractivity contribution in [3.63, 3.8) is 0 Å². The van der Waals surface area contributed by atoms with E-state index in [1.807, 2.05) is 0 Å². The van der Waals surface area contributed by atoms with Gasteiger partial charge in [-0.15, -0.1) is 0 Å². The summed E-state index contributed by atoms with van der Waals surface area (Å²) in [5.74, 6) is -2.37. The van der Waals surface area contributed by atoms with Crippen molar-refractivity contribution in [2.45, 2.75) is 0 Å². The predicted octanol–water partition coefficient (Wildman–Crippen LogP) is 2.01. The number of hydrogen-bond acceptors (Lipinski definition) is 6. The van der Waals surface area contributed by atoms with E-state index >= 15 is 0 Å². The number of nitrogens with zero attached hydrogens (tertiary/aromatic N) is 1. The number of nitro groups is 1. The van der Waals surface area contributed by atoms with Gasteiger partial charge in [-0.05, 0) is 18.2 Å². The number of rotatable bonds is 3.